The van der Waals surface area contributed by atoms with E-state index in [0.717, 1.165) is 61.2 Å². The molecule has 0 N–H and O–H groups in total. The highest BCUT2D eigenvalue weighted by Crippen LogP contribution is 2.67. The number of rotatable bonds is 13. The zero-order valence-electron chi connectivity index (χ0n) is 25.5. The van der Waals surface area contributed by atoms with Crippen LogP contribution in [0, 0.1) is 46.3 Å². The summed E-state index contributed by atoms with van der Waals surface area (Å²) in [6.07, 6.45) is 22.2. The number of alkyl halides is 1. The fourth-order valence-corrected chi connectivity index (χ4v) is 9.91. The molecule has 0 aromatic rings. The van der Waals surface area contributed by atoms with Crippen LogP contribution in [0.3, 0.4) is 0 Å². The zero-order chi connectivity index (χ0) is 26.6. The van der Waals surface area contributed by atoms with E-state index >= 15 is 0 Å². The maximum atomic E-state index is 14.4. The van der Waals surface area contributed by atoms with E-state index in [1.165, 1.54) is 70.6 Å². The van der Waals surface area contributed by atoms with Gasteiger partial charge in [0.05, 0.1) is 12.7 Å². The summed E-state index contributed by atoms with van der Waals surface area (Å²) in [5, 5.41) is 0. The maximum Gasteiger partial charge on any atom is 0.123 e. The van der Waals surface area contributed by atoms with Crippen LogP contribution in [0.15, 0.2) is 11.6 Å². The normalized spacial score (nSPS) is 39.0. The second kappa shape index (κ2) is 12.9. The summed E-state index contributed by atoms with van der Waals surface area (Å²) in [5.74, 6) is 5.32. The molecule has 214 valence electrons. The van der Waals surface area contributed by atoms with Crippen molar-refractivity contribution in [2.45, 2.75) is 157 Å². The molecule has 0 amide bonds. The van der Waals surface area contributed by atoms with Crippen molar-refractivity contribution in [3.05, 3.63) is 11.6 Å². The second-order valence-corrected chi connectivity index (χ2v) is 14.9. The smallest absolute Gasteiger partial charge is 0.123 e. The van der Waals surface area contributed by atoms with E-state index in [9.17, 15) is 4.39 Å². The number of ether oxygens (including phenoxy) is 1. The van der Waals surface area contributed by atoms with Crippen molar-refractivity contribution < 1.29 is 9.13 Å². The molecule has 0 saturated heterocycles. The third kappa shape index (κ3) is 6.52. The predicted octanol–water partition coefficient (Wildman–Crippen LogP) is 10.7. The van der Waals surface area contributed by atoms with E-state index in [0.29, 0.717) is 23.9 Å². The topological polar surface area (TPSA) is 9.23 Å². The van der Waals surface area contributed by atoms with Crippen molar-refractivity contribution in [1.82, 2.24) is 0 Å². The number of hydrogen-bond donors (Lipinski definition) is 0. The van der Waals surface area contributed by atoms with Crippen molar-refractivity contribution in [2.75, 3.05) is 6.61 Å². The average molecular weight is 517 g/mol. The van der Waals surface area contributed by atoms with Crippen molar-refractivity contribution in [3.8, 4) is 0 Å². The van der Waals surface area contributed by atoms with Crippen LogP contribution in [0.1, 0.15) is 144 Å². The van der Waals surface area contributed by atoms with Crippen LogP contribution in [0.25, 0.3) is 0 Å². The molecule has 3 fully saturated rings. The van der Waals surface area contributed by atoms with Crippen LogP contribution in [0.4, 0.5) is 4.39 Å². The maximum absolute atomic E-state index is 14.4. The molecule has 9 atom stereocenters. The summed E-state index contributed by atoms with van der Waals surface area (Å²) in [6.45, 7) is 15.1. The summed E-state index contributed by atoms with van der Waals surface area (Å²) in [7, 11) is 0. The number of hydrogen-bond acceptors (Lipinski definition) is 1. The van der Waals surface area contributed by atoms with E-state index < -0.39 is 6.17 Å². The summed E-state index contributed by atoms with van der Waals surface area (Å²) in [6, 6.07) is 0. The molecule has 37 heavy (non-hydrogen) atoms. The van der Waals surface area contributed by atoms with Crippen LogP contribution >= 0.6 is 0 Å². The number of fused-ring (bicyclic) bond motifs is 5. The Kier molecular flexibility index (Phi) is 10.3. The van der Waals surface area contributed by atoms with Gasteiger partial charge in [-0.05, 0) is 104 Å². The van der Waals surface area contributed by atoms with Gasteiger partial charge in [-0.3, -0.25) is 0 Å². The summed E-state index contributed by atoms with van der Waals surface area (Å²) >= 11 is 0. The van der Waals surface area contributed by atoms with E-state index in [-0.39, 0.29) is 6.10 Å². The molecule has 0 aromatic carbocycles. The molecule has 9 unspecified atom stereocenters. The van der Waals surface area contributed by atoms with Gasteiger partial charge in [0.15, 0.2) is 0 Å². The molecule has 4 rings (SSSR count). The Bertz CT molecular complexity index is 744. The molecule has 0 bridgehead atoms. The standard InChI is InChI=1S/C35H61FO/c1-7-8-9-10-14-28(36)24-37-29-19-21-34(5)27(23-29)15-16-30-32-18-17-31(26(4)13-11-12-25(2)3)35(32,6)22-20-33(30)34/h15,25-26,28-33H,7-14,16-24H2,1-6H3. The second-order valence-electron chi connectivity index (χ2n) is 14.9. The van der Waals surface area contributed by atoms with Crippen LogP contribution in [-0.2, 0) is 4.74 Å². The van der Waals surface area contributed by atoms with Crippen molar-refractivity contribution in [1.29, 1.82) is 0 Å². The highest BCUT2D eigenvalue weighted by Gasteiger charge is 2.59. The molecule has 2 heteroatoms. The Morgan fingerprint density at radius 3 is 2.49 bits per heavy atom. The minimum absolute atomic E-state index is 0.237. The highest BCUT2D eigenvalue weighted by molar-refractivity contribution is 5.25. The zero-order valence-corrected chi connectivity index (χ0v) is 25.5. The number of allylic oxidation sites excluding steroid dienone is 1. The molecule has 1 nitrogen and oxygen atoms in total. The first-order valence-corrected chi connectivity index (χ1v) is 16.6. The lowest BCUT2D eigenvalue weighted by Gasteiger charge is -2.58. The lowest BCUT2D eigenvalue weighted by Crippen LogP contribution is -2.51. The minimum atomic E-state index is -0.783. The molecule has 0 spiro atoms. The van der Waals surface area contributed by atoms with Gasteiger partial charge in [0, 0.05) is 0 Å². The fraction of sp³-hybridized carbons (Fsp3) is 0.943. The largest absolute Gasteiger partial charge is 0.375 e. The Labute approximate surface area is 230 Å². The Morgan fingerprint density at radius 2 is 1.73 bits per heavy atom. The van der Waals surface area contributed by atoms with E-state index in [1.807, 2.05) is 0 Å². The van der Waals surface area contributed by atoms with Gasteiger partial charge < -0.3 is 4.74 Å². The van der Waals surface area contributed by atoms with Gasteiger partial charge in [-0.25, -0.2) is 4.39 Å². The monoisotopic (exact) mass is 516 g/mol. The molecular weight excluding hydrogens is 455 g/mol. The van der Waals surface area contributed by atoms with Crippen molar-refractivity contribution in [2.24, 2.45) is 46.3 Å². The van der Waals surface area contributed by atoms with Crippen LogP contribution in [0.2, 0.25) is 0 Å². The van der Waals surface area contributed by atoms with Gasteiger partial charge in [0.2, 0.25) is 0 Å². The van der Waals surface area contributed by atoms with Crippen molar-refractivity contribution in [3.63, 3.8) is 0 Å². The Balaban J connectivity index is 1.33. The van der Waals surface area contributed by atoms with Crippen LogP contribution in [0.5, 0.6) is 0 Å². The van der Waals surface area contributed by atoms with Gasteiger partial charge in [0.25, 0.3) is 0 Å². The summed E-state index contributed by atoms with van der Waals surface area (Å²) in [5.41, 5.74) is 2.59. The third-order valence-corrected chi connectivity index (χ3v) is 12.1. The third-order valence-electron chi connectivity index (χ3n) is 12.1. The molecule has 4 aliphatic carbocycles. The van der Waals surface area contributed by atoms with Gasteiger partial charge in [-0.15, -0.1) is 0 Å². The molecule has 4 aliphatic rings. The van der Waals surface area contributed by atoms with Gasteiger partial charge >= 0.3 is 0 Å². The molecule has 0 aliphatic heterocycles. The van der Waals surface area contributed by atoms with Crippen molar-refractivity contribution >= 4 is 0 Å². The first-order chi connectivity index (χ1) is 17.7. The minimum Gasteiger partial charge on any atom is -0.375 e. The first kappa shape index (κ1) is 29.6. The van der Waals surface area contributed by atoms with Crippen LogP contribution < -0.4 is 0 Å². The van der Waals surface area contributed by atoms with Gasteiger partial charge in [-0.1, -0.05) is 98.1 Å². The predicted molar refractivity (Wildman–Crippen MR) is 156 cm³/mol. The van der Waals surface area contributed by atoms with E-state index in [4.69, 9.17) is 4.74 Å². The SMILES string of the molecule is CCCCCCC(F)COC1CCC2(C)C(=CCC3C2CCC2(C)C(C(C)CCCC(C)C)CCC32)C1. The quantitative estimate of drug-likeness (QED) is 0.175. The highest BCUT2D eigenvalue weighted by atomic mass is 19.1. The molecule has 0 heterocycles. The van der Waals surface area contributed by atoms with Gasteiger partial charge in [-0.2, -0.15) is 0 Å². The number of unbranched alkanes of at least 4 members (excludes halogenated alkanes) is 3. The fourth-order valence-electron chi connectivity index (χ4n) is 9.91. The molecule has 0 radical (unpaired) electrons. The molecule has 0 aromatic heterocycles. The van der Waals surface area contributed by atoms with E-state index in [2.05, 4.69) is 47.6 Å². The Morgan fingerprint density at radius 1 is 0.919 bits per heavy atom. The molecule has 3 saturated carbocycles. The van der Waals surface area contributed by atoms with E-state index in [1.54, 1.807) is 5.57 Å². The van der Waals surface area contributed by atoms with Gasteiger partial charge in [0.1, 0.15) is 6.17 Å². The average Bonchev–Trinajstić information content (AvgIpc) is 3.22. The summed E-state index contributed by atoms with van der Waals surface area (Å²) in [4.78, 5) is 0. The first-order valence-electron chi connectivity index (χ1n) is 16.6. The Hall–Kier alpha value is -0.370. The lowest BCUT2D eigenvalue weighted by atomic mass is 9.47. The molecular formula is C35H61FO. The summed E-state index contributed by atoms with van der Waals surface area (Å²) < 4.78 is 20.6. The number of halogens is 1. The lowest BCUT2D eigenvalue weighted by molar-refractivity contribution is -0.0675. The van der Waals surface area contributed by atoms with Crippen LogP contribution in [-0.4, -0.2) is 18.9 Å².